The number of carbonyl (C=O) groups is 1. The molecule has 18 heavy (non-hydrogen) atoms. The molecule has 1 heterocycles. The molecule has 0 amide bonds. The Morgan fingerprint density at radius 1 is 1.50 bits per heavy atom. The van der Waals surface area contributed by atoms with Crippen molar-refractivity contribution in [1.29, 1.82) is 0 Å². The van der Waals surface area contributed by atoms with Gasteiger partial charge in [-0.05, 0) is 25.1 Å². The summed E-state index contributed by atoms with van der Waals surface area (Å²) >= 11 is 3.32. The Morgan fingerprint density at radius 3 is 2.83 bits per heavy atom. The number of nitrogens with zero attached hydrogens (tertiary/aromatic N) is 2. The maximum Gasteiger partial charge on any atom is 0.339 e. The summed E-state index contributed by atoms with van der Waals surface area (Å²) in [5.41, 5.74) is 1.30. The molecule has 0 saturated heterocycles. The van der Waals surface area contributed by atoms with Crippen molar-refractivity contribution in [3.05, 3.63) is 45.7 Å². The molecule has 2 aromatic rings. The zero-order valence-corrected chi connectivity index (χ0v) is 11.2. The van der Waals surface area contributed by atoms with E-state index in [4.69, 9.17) is 5.11 Å². The smallest absolute Gasteiger partial charge is 0.339 e. The molecule has 2 N–H and O–H groups in total. The maximum absolute atomic E-state index is 10.9. The number of benzene rings is 1. The van der Waals surface area contributed by atoms with Gasteiger partial charge in [0.2, 0.25) is 0 Å². The lowest BCUT2D eigenvalue weighted by atomic mass is 10.2. The van der Waals surface area contributed by atoms with E-state index in [-0.39, 0.29) is 11.3 Å². The third kappa shape index (κ3) is 2.53. The predicted molar refractivity (Wildman–Crippen MR) is 68.8 cm³/mol. The third-order valence-electron chi connectivity index (χ3n) is 2.55. The molecule has 0 bridgehead atoms. The normalized spacial score (nSPS) is 10.6. The summed E-state index contributed by atoms with van der Waals surface area (Å²) in [7, 11) is 0. The van der Waals surface area contributed by atoms with Crippen molar-refractivity contribution in [1.82, 2.24) is 9.78 Å². The number of halogens is 1. The molecule has 0 atom stereocenters. The summed E-state index contributed by atoms with van der Waals surface area (Å²) in [6.07, 6.45) is 1.46. The fourth-order valence-electron chi connectivity index (χ4n) is 1.66. The molecule has 0 fully saturated rings. The Hall–Kier alpha value is -1.82. The second-order valence-corrected chi connectivity index (χ2v) is 4.82. The Morgan fingerprint density at radius 2 is 2.22 bits per heavy atom. The number of aromatic carboxylic acids is 1. The van der Waals surface area contributed by atoms with Gasteiger partial charge < -0.3 is 10.2 Å². The number of aromatic nitrogens is 2. The highest BCUT2D eigenvalue weighted by Crippen LogP contribution is 2.22. The fraction of sp³-hybridized carbons (Fsp3) is 0.167. The van der Waals surface area contributed by atoms with Crippen LogP contribution >= 0.6 is 15.9 Å². The molecule has 5 nitrogen and oxygen atoms in total. The van der Waals surface area contributed by atoms with Crippen LogP contribution in [0.3, 0.4) is 0 Å². The maximum atomic E-state index is 10.9. The largest absolute Gasteiger partial charge is 0.508 e. The van der Waals surface area contributed by atoms with Crippen molar-refractivity contribution in [2.45, 2.75) is 13.5 Å². The molecule has 0 aliphatic heterocycles. The van der Waals surface area contributed by atoms with Gasteiger partial charge in [-0.3, -0.25) is 4.68 Å². The number of hydrogen-bond acceptors (Lipinski definition) is 3. The van der Waals surface area contributed by atoms with Gasteiger partial charge in [0.25, 0.3) is 0 Å². The molecule has 94 valence electrons. The number of phenols is 1. The zero-order valence-electron chi connectivity index (χ0n) is 9.59. The lowest BCUT2D eigenvalue weighted by molar-refractivity contribution is 0.0696. The van der Waals surface area contributed by atoms with Crippen molar-refractivity contribution >= 4 is 21.9 Å². The number of rotatable bonds is 3. The van der Waals surface area contributed by atoms with Gasteiger partial charge in [-0.2, -0.15) is 5.10 Å². The first-order valence-corrected chi connectivity index (χ1v) is 6.01. The van der Waals surface area contributed by atoms with E-state index in [1.165, 1.54) is 10.9 Å². The van der Waals surface area contributed by atoms with Gasteiger partial charge in [0.05, 0.1) is 12.2 Å². The average Bonchev–Trinajstić information content (AvgIpc) is 2.65. The Labute approximate surface area is 112 Å². The molecule has 0 radical (unpaired) electrons. The molecule has 6 heteroatoms. The van der Waals surface area contributed by atoms with E-state index in [9.17, 15) is 9.90 Å². The standard InChI is InChI=1S/C12H11BrN2O3/c1-7-10(12(17)18)6-15(14-7)5-8-4-9(13)2-3-11(8)16/h2-4,6,16H,5H2,1H3,(H,17,18). The predicted octanol–water partition coefficient (Wildman–Crippen LogP) is 2.41. The van der Waals surface area contributed by atoms with E-state index in [0.717, 1.165) is 4.47 Å². The highest BCUT2D eigenvalue weighted by Gasteiger charge is 2.12. The monoisotopic (exact) mass is 310 g/mol. The van der Waals surface area contributed by atoms with Crippen LogP contribution in [0.1, 0.15) is 21.6 Å². The Kier molecular flexibility index (Phi) is 3.38. The van der Waals surface area contributed by atoms with E-state index in [1.807, 2.05) is 0 Å². The van der Waals surface area contributed by atoms with Crippen molar-refractivity contribution in [3.63, 3.8) is 0 Å². The Bertz CT molecular complexity index is 607. The highest BCUT2D eigenvalue weighted by molar-refractivity contribution is 9.10. The van der Waals surface area contributed by atoms with Crippen LogP contribution in [-0.4, -0.2) is 26.0 Å². The summed E-state index contributed by atoms with van der Waals surface area (Å²) < 4.78 is 2.35. The van der Waals surface area contributed by atoms with Crippen LogP contribution < -0.4 is 0 Å². The number of carboxylic acid groups (broad SMARTS) is 1. The summed E-state index contributed by atoms with van der Waals surface area (Å²) in [6.45, 7) is 1.96. The molecule has 0 aliphatic rings. The number of aryl methyl sites for hydroxylation is 1. The summed E-state index contributed by atoms with van der Waals surface area (Å²) in [5.74, 6) is -0.847. The molecule has 0 spiro atoms. The van der Waals surface area contributed by atoms with Crippen molar-refractivity contribution in [2.75, 3.05) is 0 Å². The van der Waals surface area contributed by atoms with Crippen LogP contribution in [0, 0.1) is 6.92 Å². The van der Waals surface area contributed by atoms with Gasteiger partial charge in [-0.15, -0.1) is 0 Å². The van der Waals surface area contributed by atoms with Crippen LogP contribution in [0.25, 0.3) is 0 Å². The number of aromatic hydroxyl groups is 1. The second kappa shape index (κ2) is 4.81. The number of phenolic OH excluding ortho intramolecular Hbond substituents is 1. The minimum Gasteiger partial charge on any atom is -0.508 e. The van der Waals surface area contributed by atoms with Gasteiger partial charge in [-0.25, -0.2) is 4.79 Å². The fourth-order valence-corrected chi connectivity index (χ4v) is 2.07. The van der Waals surface area contributed by atoms with Crippen LogP contribution in [-0.2, 0) is 6.54 Å². The van der Waals surface area contributed by atoms with E-state index >= 15 is 0 Å². The highest BCUT2D eigenvalue weighted by atomic mass is 79.9. The lowest BCUT2D eigenvalue weighted by Crippen LogP contribution is -2.01. The number of hydrogen-bond donors (Lipinski definition) is 2. The van der Waals surface area contributed by atoms with Crippen molar-refractivity contribution in [3.8, 4) is 5.75 Å². The molecule has 0 saturated carbocycles. The zero-order chi connectivity index (χ0) is 13.3. The topological polar surface area (TPSA) is 75.3 Å². The lowest BCUT2D eigenvalue weighted by Gasteiger charge is -2.05. The SMILES string of the molecule is Cc1nn(Cc2cc(Br)ccc2O)cc1C(=O)O. The quantitative estimate of drug-likeness (QED) is 0.913. The van der Waals surface area contributed by atoms with Crippen molar-refractivity contribution in [2.24, 2.45) is 0 Å². The molecular weight excluding hydrogens is 300 g/mol. The summed E-state index contributed by atoms with van der Waals surface area (Å²) in [4.78, 5) is 10.9. The molecule has 2 rings (SSSR count). The molecule has 0 unspecified atom stereocenters. The average molecular weight is 311 g/mol. The van der Waals surface area contributed by atoms with Crippen LogP contribution in [0.4, 0.5) is 0 Å². The van der Waals surface area contributed by atoms with Crippen LogP contribution in [0.2, 0.25) is 0 Å². The van der Waals surface area contributed by atoms with Crippen molar-refractivity contribution < 1.29 is 15.0 Å². The minimum absolute atomic E-state index is 0.156. The van der Waals surface area contributed by atoms with Gasteiger partial charge in [0.15, 0.2) is 0 Å². The summed E-state index contributed by atoms with van der Waals surface area (Å²) in [6, 6.07) is 5.08. The molecule has 0 aliphatic carbocycles. The van der Waals surface area contributed by atoms with Gasteiger partial charge >= 0.3 is 5.97 Å². The molecular formula is C12H11BrN2O3. The van der Waals surface area contributed by atoms with E-state index < -0.39 is 5.97 Å². The first-order valence-electron chi connectivity index (χ1n) is 5.22. The van der Waals surface area contributed by atoms with Crippen LogP contribution in [0.15, 0.2) is 28.9 Å². The Balaban J connectivity index is 2.31. The van der Waals surface area contributed by atoms with Gasteiger partial charge in [-0.1, -0.05) is 15.9 Å². The first-order chi connectivity index (χ1) is 8.47. The number of carboxylic acids is 1. The molecule has 1 aromatic heterocycles. The van der Waals surface area contributed by atoms with E-state index in [0.29, 0.717) is 17.8 Å². The first kappa shape index (κ1) is 12.6. The van der Waals surface area contributed by atoms with E-state index in [1.54, 1.807) is 25.1 Å². The third-order valence-corrected chi connectivity index (χ3v) is 3.04. The van der Waals surface area contributed by atoms with Gasteiger partial charge in [0, 0.05) is 16.2 Å². The van der Waals surface area contributed by atoms with Crippen LogP contribution in [0.5, 0.6) is 5.75 Å². The summed E-state index contributed by atoms with van der Waals surface area (Å²) in [5, 5.41) is 22.7. The molecule has 1 aromatic carbocycles. The van der Waals surface area contributed by atoms with Gasteiger partial charge in [0.1, 0.15) is 11.3 Å². The minimum atomic E-state index is -1.00. The van der Waals surface area contributed by atoms with E-state index in [2.05, 4.69) is 21.0 Å². The second-order valence-electron chi connectivity index (χ2n) is 3.90.